The molecule has 1 saturated heterocycles. The number of hydrogen-bond donors (Lipinski definition) is 2. The molecule has 1 fully saturated rings. The van der Waals surface area contributed by atoms with Crippen LogP contribution in [0.4, 0.5) is 0 Å². The van der Waals surface area contributed by atoms with Crippen LogP contribution in [-0.2, 0) is 9.53 Å². The van der Waals surface area contributed by atoms with Gasteiger partial charge in [0.2, 0.25) is 5.91 Å². The van der Waals surface area contributed by atoms with Gasteiger partial charge >= 0.3 is 0 Å². The first-order valence-corrected chi connectivity index (χ1v) is 6.94. The highest BCUT2D eigenvalue weighted by molar-refractivity contribution is 5.78. The summed E-state index contributed by atoms with van der Waals surface area (Å²) in [4.78, 5) is 14.0. The summed E-state index contributed by atoms with van der Waals surface area (Å²) in [5, 5.41) is 6.22. The minimum Gasteiger partial charge on any atom is -0.379 e. The molecule has 1 heterocycles. The fourth-order valence-electron chi connectivity index (χ4n) is 1.93. The maximum absolute atomic E-state index is 11.6. The van der Waals surface area contributed by atoms with Crippen LogP contribution in [0, 0.1) is 0 Å². The number of ether oxygens (including phenoxy) is 1. The molecule has 0 bridgehead atoms. The van der Waals surface area contributed by atoms with Gasteiger partial charge in [-0.1, -0.05) is 6.92 Å². The molecule has 5 heteroatoms. The molecule has 1 rings (SSSR count). The van der Waals surface area contributed by atoms with Gasteiger partial charge < -0.3 is 15.4 Å². The molecule has 0 aromatic rings. The van der Waals surface area contributed by atoms with Gasteiger partial charge in [-0.3, -0.25) is 9.69 Å². The van der Waals surface area contributed by atoms with Crippen molar-refractivity contribution in [2.45, 2.75) is 39.3 Å². The third kappa shape index (κ3) is 6.33. The minimum atomic E-state index is 0.0816. The molecular formula is C13H27N3O2. The van der Waals surface area contributed by atoms with E-state index in [2.05, 4.69) is 29.4 Å². The normalized spacial score (nSPS) is 20.4. The smallest absolute Gasteiger partial charge is 0.234 e. The van der Waals surface area contributed by atoms with Gasteiger partial charge in [-0.2, -0.15) is 0 Å². The van der Waals surface area contributed by atoms with Crippen molar-refractivity contribution in [3.63, 3.8) is 0 Å². The molecule has 2 unspecified atom stereocenters. The van der Waals surface area contributed by atoms with Crippen LogP contribution in [0.3, 0.4) is 0 Å². The van der Waals surface area contributed by atoms with Gasteiger partial charge in [0.15, 0.2) is 0 Å². The first-order valence-electron chi connectivity index (χ1n) is 6.94. The zero-order valence-electron chi connectivity index (χ0n) is 11.9. The summed E-state index contributed by atoms with van der Waals surface area (Å²) in [5.74, 6) is 0.0816. The summed E-state index contributed by atoms with van der Waals surface area (Å²) in [6.45, 7) is 11.2. The number of amides is 1. The SMILES string of the molecule is CCC(C)NC(=O)CNC(C)CN1CCOCC1. The van der Waals surface area contributed by atoms with E-state index in [1.165, 1.54) is 0 Å². The Kier molecular flexibility index (Phi) is 7.23. The number of carbonyl (C=O) groups is 1. The van der Waals surface area contributed by atoms with Crippen molar-refractivity contribution in [2.75, 3.05) is 39.4 Å². The van der Waals surface area contributed by atoms with E-state index in [1.807, 2.05) is 6.92 Å². The Hall–Kier alpha value is -0.650. The second-order valence-electron chi connectivity index (χ2n) is 5.07. The standard InChI is InChI=1S/C13H27N3O2/c1-4-11(2)15-13(17)9-14-12(3)10-16-5-7-18-8-6-16/h11-12,14H,4-10H2,1-3H3,(H,15,17). The van der Waals surface area contributed by atoms with Gasteiger partial charge in [0.1, 0.15) is 0 Å². The van der Waals surface area contributed by atoms with Crippen LogP contribution < -0.4 is 10.6 Å². The molecular weight excluding hydrogens is 230 g/mol. The van der Waals surface area contributed by atoms with E-state index in [4.69, 9.17) is 4.74 Å². The molecule has 0 radical (unpaired) electrons. The van der Waals surface area contributed by atoms with Gasteiger partial charge in [-0.15, -0.1) is 0 Å². The van der Waals surface area contributed by atoms with Crippen molar-refractivity contribution in [1.82, 2.24) is 15.5 Å². The number of morpholine rings is 1. The van der Waals surface area contributed by atoms with E-state index in [1.54, 1.807) is 0 Å². The van der Waals surface area contributed by atoms with Crippen molar-refractivity contribution >= 4 is 5.91 Å². The number of hydrogen-bond acceptors (Lipinski definition) is 4. The van der Waals surface area contributed by atoms with E-state index in [-0.39, 0.29) is 11.9 Å². The summed E-state index contributed by atoms with van der Waals surface area (Å²) < 4.78 is 5.31. The van der Waals surface area contributed by atoms with Gasteiger partial charge in [-0.25, -0.2) is 0 Å². The molecule has 0 spiro atoms. The average Bonchev–Trinajstić information content (AvgIpc) is 2.37. The monoisotopic (exact) mass is 257 g/mol. The second kappa shape index (κ2) is 8.45. The third-order valence-corrected chi connectivity index (χ3v) is 3.27. The minimum absolute atomic E-state index is 0.0816. The second-order valence-corrected chi connectivity index (χ2v) is 5.07. The quantitative estimate of drug-likeness (QED) is 0.685. The molecule has 0 aromatic heterocycles. The van der Waals surface area contributed by atoms with Crippen molar-refractivity contribution in [1.29, 1.82) is 0 Å². The Morgan fingerprint density at radius 1 is 1.28 bits per heavy atom. The predicted octanol–water partition coefficient (Wildman–Crippen LogP) is 0.211. The Balaban J connectivity index is 2.11. The number of carbonyl (C=O) groups excluding carboxylic acids is 1. The lowest BCUT2D eigenvalue weighted by Gasteiger charge is -2.29. The molecule has 2 atom stereocenters. The van der Waals surface area contributed by atoms with Crippen molar-refractivity contribution in [2.24, 2.45) is 0 Å². The highest BCUT2D eigenvalue weighted by Gasteiger charge is 2.14. The van der Waals surface area contributed by atoms with Gasteiger partial charge in [0.25, 0.3) is 0 Å². The molecule has 1 amide bonds. The van der Waals surface area contributed by atoms with Crippen LogP contribution >= 0.6 is 0 Å². The Morgan fingerprint density at radius 3 is 2.56 bits per heavy atom. The van der Waals surface area contributed by atoms with E-state index < -0.39 is 0 Å². The van der Waals surface area contributed by atoms with Crippen molar-refractivity contribution in [3.05, 3.63) is 0 Å². The molecule has 1 aliphatic heterocycles. The molecule has 0 saturated carbocycles. The van der Waals surface area contributed by atoms with Crippen molar-refractivity contribution in [3.8, 4) is 0 Å². The third-order valence-electron chi connectivity index (χ3n) is 3.27. The summed E-state index contributed by atoms with van der Waals surface area (Å²) in [6, 6.07) is 0.583. The first-order chi connectivity index (χ1) is 8.61. The highest BCUT2D eigenvalue weighted by atomic mass is 16.5. The molecule has 5 nitrogen and oxygen atoms in total. The van der Waals surface area contributed by atoms with Crippen LogP contribution in [-0.4, -0.2) is 62.3 Å². The number of nitrogens with one attached hydrogen (secondary N) is 2. The highest BCUT2D eigenvalue weighted by Crippen LogP contribution is 1.98. The zero-order valence-corrected chi connectivity index (χ0v) is 11.9. The molecule has 1 aliphatic rings. The van der Waals surface area contributed by atoms with Crippen LogP contribution in [0.25, 0.3) is 0 Å². The van der Waals surface area contributed by atoms with Crippen LogP contribution in [0.1, 0.15) is 27.2 Å². The largest absolute Gasteiger partial charge is 0.379 e. The lowest BCUT2D eigenvalue weighted by Crippen LogP contribution is -2.47. The summed E-state index contributed by atoms with van der Waals surface area (Å²) in [5.41, 5.74) is 0. The van der Waals surface area contributed by atoms with Crippen LogP contribution in [0.15, 0.2) is 0 Å². The van der Waals surface area contributed by atoms with E-state index in [9.17, 15) is 4.79 Å². The summed E-state index contributed by atoms with van der Waals surface area (Å²) >= 11 is 0. The molecule has 18 heavy (non-hydrogen) atoms. The molecule has 0 aliphatic carbocycles. The molecule has 0 aromatic carbocycles. The molecule has 106 valence electrons. The van der Waals surface area contributed by atoms with E-state index >= 15 is 0 Å². The van der Waals surface area contributed by atoms with Crippen molar-refractivity contribution < 1.29 is 9.53 Å². The number of rotatable bonds is 7. The van der Waals surface area contributed by atoms with E-state index in [0.29, 0.717) is 12.6 Å². The summed E-state index contributed by atoms with van der Waals surface area (Å²) in [6.07, 6.45) is 0.967. The number of nitrogens with zero attached hydrogens (tertiary/aromatic N) is 1. The average molecular weight is 257 g/mol. The Morgan fingerprint density at radius 2 is 1.94 bits per heavy atom. The van der Waals surface area contributed by atoms with Crippen LogP contribution in [0.5, 0.6) is 0 Å². The van der Waals surface area contributed by atoms with E-state index in [0.717, 1.165) is 39.3 Å². The fourth-order valence-corrected chi connectivity index (χ4v) is 1.93. The lowest BCUT2D eigenvalue weighted by atomic mass is 10.2. The maximum atomic E-state index is 11.6. The topological polar surface area (TPSA) is 53.6 Å². The first kappa shape index (κ1) is 15.4. The zero-order chi connectivity index (χ0) is 13.4. The van der Waals surface area contributed by atoms with Gasteiger partial charge in [0.05, 0.1) is 19.8 Å². The maximum Gasteiger partial charge on any atom is 0.234 e. The lowest BCUT2D eigenvalue weighted by molar-refractivity contribution is -0.121. The van der Waals surface area contributed by atoms with Crippen LogP contribution in [0.2, 0.25) is 0 Å². The van der Waals surface area contributed by atoms with Gasteiger partial charge in [-0.05, 0) is 20.3 Å². The predicted molar refractivity (Wildman–Crippen MR) is 72.6 cm³/mol. The Labute approximate surface area is 110 Å². The van der Waals surface area contributed by atoms with Gasteiger partial charge in [0, 0.05) is 31.7 Å². The fraction of sp³-hybridized carbons (Fsp3) is 0.923. The molecule has 2 N–H and O–H groups in total. The summed E-state index contributed by atoms with van der Waals surface area (Å²) in [7, 11) is 0. The Bertz CT molecular complexity index is 242.